The highest BCUT2D eigenvalue weighted by atomic mass is 16.7. The lowest BCUT2D eigenvalue weighted by Gasteiger charge is -2.24. The molecule has 22 heavy (non-hydrogen) atoms. The van der Waals surface area contributed by atoms with Gasteiger partial charge >= 0.3 is 5.97 Å². The minimum Gasteiger partial charge on any atom is -0.454 e. The van der Waals surface area contributed by atoms with Crippen LogP contribution >= 0.6 is 0 Å². The van der Waals surface area contributed by atoms with E-state index >= 15 is 0 Å². The van der Waals surface area contributed by atoms with Crippen LogP contribution in [-0.2, 0) is 14.2 Å². The van der Waals surface area contributed by atoms with E-state index in [0.29, 0.717) is 5.56 Å². The summed E-state index contributed by atoms with van der Waals surface area (Å²) in [6.07, 6.45) is 0.175. The summed E-state index contributed by atoms with van der Waals surface area (Å²) in [6.45, 7) is 5.81. The number of hydrogen-bond donors (Lipinski definition) is 0. The Balaban J connectivity index is 2.57. The molecule has 0 saturated carbocycles. The maximum absolute atomic E-state index is 12.0. The van der Waals surface area contributed by atoms with E-state index in [1.165, 1.54) is 0 Å². The molecule has 0 radical (unpaired) electrons. The van der Waals surface area contributed by atoms with Gasteiger partial charge in [0.15, 0.2) is 12.4 Å². The SMILES string of the molecule is C=CCO[C@H](OCCN=[N+]=[N-])[C@H](C)OC(=O)c1ccccc1. The molecule has 1 rings (SSSR count). The molecule has 0 spiro atoms. The minimum atomic E-state index is -0.764. The summed E-state index contributed by atoms with van der Waals surface area (Å²) in [4.78, 5) is 14.6. The molecule has 0 bridgehead atoms. The van der Waals surface area contributed by atoms with Gasteiger partial charge in [-0.15, -0.1) is 6.58 Å². The normalized spacial score (nSPS) is 12.8. The smallest absolute Gasteiger partial charge is 0.338 e. The van der Waals surface area contributed by atoms with Crippen LogP contribution in [0.15, 0.2) is 48.1 Å². The van der Waals surface area contributed by atoms with Crippen molar-refractivity contribution >= 4 is 5.97 Å². The van der Waals surface area contributed by atoms with Gasteiger partial charge in [0.1, 0.15) is 0 Å². The second-order valence-corrected chi connectivity index (χ2v) is 4.29. The van der Waals surface area contributed by atoms with Crippen LogP contribution in [0.4, 0.5) is 0 Å². The van der Waals surface area contributed by atoms with E-state index < -0.39 is 18.4 Å². The number of esters is 1. The largest absolute Gasteiger partial charge is 0.454 e. The number of hydrogen-bond acceptors (Lipinski definition) is 5. The van der Waals surface area contributed by atoms with E-state index in [2.05, 4.69) is 16.6 Å². The predicted molar refractivity (Wildman–Crippen MR) is 81.2 cm³/mol. The van der Waals surface area contributed by atoms with Crippen LogP contribution in [0.2, 0.25) is 0 Å². The Bertz CT molecular complexity index is 515. The van der Waals surface area contributed by atoms with Crippen LogP contribution in [-0.4, -0.2) is 38.1 Å². The van der Waals surface area contributed by atoms with Crippen LogP contribution in [0.5, 0.6) is 0 Å². The summed E-state index contributed by atoms with van der Waals surface area (Å²) in [5.41, 5.74) is 8.67. The molecule has 7 nitrogen and oxygen atoms in total. The summed E-state index contributed by atoms with van der Waals surface area (Å²) in [6, 6.07) is 8.65. The van der Waals surface area contributed by atoms with Gasteiger partial charge in [-0.05, 0) is 24.6 Å². The molecule has 0 N–H and O–H groups in total. The average molecular weight is 305 g/mol. The molecule has 2 atom stereocenters. The Morgan fingerprint density at radius 2 is 2.14 bits per heavy atom. The summed E-state index contributed by atoms with van der Waals surface area (Å²) in [7, 11) is 0. The fourth-order valence-corrected chi connectivity index (χ4v) is 1.60. The average Bonchev–Trinajstić information content (AvgIpc) is 2.54. The topological polar surface area (TPSA) is 93.5 Å². The highest BCUT2D eigenvalue weighted by molar-refractivity contribution is 5.89. The van der Waals surface area contributed by atoms with E-state index in [0.717, 1.165) is 0 Å². The number of carbonyl (C=O) groups excluding carboxylic acids is 1. The Kier molecular flexibility index (Phi) is 8.37. The quantitative estimate of drug-likeness (QED) is 0.126. The van der Waals surface area contributed by atoms with Crippen molar-refractivity contribution in [2.75, 3.05) is 19.8 Å². The van der Waals surface area contributed by atoms with Crippen molar-refractivity contribution in [3.05, 3.63) is 59.0 Å². The Morgan fingerprint density at radius 1 is 1.41 bits per heavy atom. The maximum Gasteiger partial charge on any atom is 0.338 e. The minimum absolute atomic E-state index is 0.166. The molecule has 0 aliphatic carbocycles. The lowest BCUT2D eigenvalue weighted by Crippen LogP contribution is -2.34. The summed E-state index contributed by atoms with van der Waals surface area (Å²) in [5, 5.41) is 3.36. The van der Waals surface area contributed by atoms with Crippen molar-refractivity contribution < 1.29 is 19.0 Å². The number of benzene rings is 1. The second-order valence-electron chi connectivity index (χ2n) is 4.29. The predicted octanol–water partition coefficient (Wildman–Crippen LogP) is 3.09. The third kappa shape index (κ3) is 6.41. The number of carbonyl (C=O) groups is 1. The molecule has 0 aromatic heterocycles. The van der Waals surface area contributed by atoms with Crippen LogP contribution < -0.4 is 0 Å². The molecular formula is C15H19N3O4. The van der Waals surface area contributed by atoms with E-state index in [4.69, 9.17) is 19.7 Å². The first-order valence-corrected chi connectivity index (χ1v) is 6.80. The van der Waals surface area contributed by atoms with Gasteiger partial charge in [0.25, 0.3) is 0 Å². The summed E-state index contributed by atoms with van der Waals surface area (Å²) < 4.78 is 16.2. The molecule has 0 heterocycles. The zero-order chi connectivity index (χ0) is 16.2. The molecule has 0 amide bonds. The standard InChI is InChI=1S/C15H19N3O4/c1-3-10-20-15(21-11-9-17-18-16)12(2)22-14(19)13-7-5-4-6-8-13/h3-8,12,15H,1,9-11H2,2H3/t12-,15+/m0/s1. The lowest BCUT2D eigenvalue weighted by atomic mass is 10.2. The van der Waals surface area contributed by atoms with Gasteiger partial charge in [-0.3, -0.25) is 0 Å². The molecule has 0 fully saturated rings. The van der Waals surface area contributed by atoms with Gasteiger partial charge in [0.05, 0.1) is 18.8 Å². The van der Waals surface area contributed by atoms with Crippen molar-refractivity contribution in [1.29, 1.82) is 0 Å². The van der Waals surface area contributed by atoms with Crippen LogP contribution in [0.3, 0.4) is 0 Å². The Morgan fingerprint density at radius 3 is 2.77 bits per heavy atom. The highest BCUT2D eigenvalue weighted by Crippen LogP contribution is 2.10. The molecule has 118 valence electrons. The molecular weight excluding hydrogens is 286 g/mol. The van der Waals surface area contributed by atoms with Crippen LogP contribution in [0, 0.1) is 0 Å². The second kappa shape index (κ2) is 10.4. The first kappa shape index (κ1) is 17.7. The molecule has 0 unspecified atom stereocenters. The van der Waals surface area contributed by atoms with Gasteiger partial charge in [0.2, 0.25) is 0 Å². The first-order valence-electron chi connectivity index (χ1n) is 6.80. The Labute approximate surface area is 129 Å². The monoisotopic (exact) mass is 305 g/mol. The molecule has 1 aromatic rings. The van der Waals surface area contributed by atoms with Crippen LogP contribution in [0.1, 0.15) is 17.3 Å². The van der Waals surface area contributed by atoms with E-state index in [-0.39, 0.29) is 19.8 Å². The van der Waals surface area contributed by atoms with Crippen LogP contribution in [0.25, 0.3) is 10.4 Å². The number of rotatable bonds is 10. The third-order valence-electron chi connectivity index (χ3n) is 2.60. The van der Waals surface area contributed by atoms with E-state index in [1.807, 2.05) is 6.07 Å². The molecule has 0 aliphatic heterocycles. The van der Waals surface area contributed by atoms with Crippen molar-refractivity contribution in [2.24, 2.45) is 5.11 Å². The zero-order valence-electron chi connectivity index (χ0n) is 12.4. The van der Waals surface area contributed by atoms with E-state index in [9.17, 15) is 4.79 Å². The first-order chi connectivity index (χ1) is 10.7. The van der Waals surface area contributed by atoms with E-state index in [1.54, 1.807) is 37.3 Å². The number of azide groups is 1. The third-order valence-corrected chi connectivity index (χ3v) is 2.60. The fraction of sp³-hybridized carbons (Fsp3) is 0.400. The number of ether oxygens (including phenoxy) is 3. The van der Waals surface area contributed by atoms with Gasteiger partial charge in [-0.25, -0.2) is 4.79 Å². The lowest BCUT2D eigenvalue weighted by molar-refractivity contribution is -0.183. The van der Waals surface area contributed by atoms with Gasteiger partial charge in [-0.2, -0.15) is 0 Å². The number of nitrogens with zero attached hydrogens (tertiary/aromatic N) is 3. The highest BCUT2D eigenvalue weighted by Gasteiger charge is 2.22. The molecule has 7 heteroatoms. The summed E-state index contributed by atoms with van der Waals surface area (Å²) in [5.74, 6) is -0.459. The van der Waals surface area contributed by atoms with Crippen molar-refractivity contribution in [3.8, 4) is 0 Å². The molecule has 1 aromatic carbocycles. The Hall–Kier alpha value is -2.34. The van der Waals surface area contributed by atoms with Gasteiger partial charge < -0.3 is 14.2 Å². The molecule has 0 saturated heterocycles. The van der Waals surface area contributed by atoms with Gasteiger partial charge in [-0.1, -0.05) is 29.4 Å². The van der Waals surface area contributed by atoms with Crippen molar-refractivity contribution in [1.82, 2.24) is 0 Å². The fourth-order valence-electron chi connectivity index (χ4n) is 1.60. The van der Waals surface area contributed by atoms with Crippen molar-refractivity contribution in [2.45, 2.75) is 19.3 Å². The maximum atomic E-state index is 12.0. The summed E-state index contributed by atoms with van der Waals surface area (Å²) >= 11 is 0. The van der Waals surface area contributed by atoms with Crippen molar-refractivity contribution in [3.63, 3.8) is 0 Å². The zero-order valence-corrected chi connectivity index (χ0v) is 12.4. The van der Waals surface area contributed by atoms with Gasteiger partial charge in [0, 0.05) is 11.5 Å². The molecule has 0 aliphatic rings.